The minimum Gasteiger partial charge on any atom is -0.494 e. The van der Waals surface area contributed by atoms with Gasteiger partial charge in [-0.15, -0.1) is 0 Å². The second kappa shape index (κ2) is 8.02. The van der Waals surface area contributed by atoms with Gasteiger partial charge in [-0.1, -0.05) is 13.3 Å². The number of halogens is 1. The molecule has 1 amide bonds. The predicted octanol–water partition coefficient (Wildman–Crippen LogP) is 4.62. The molecule has 22 heavy (non-hydrogen) atoms. The number of hydrogen-bond acceptors (Lipinski definition) is 3. The minimum atomic E-state index is -0.633. The van der Waals surface area contributed by atoms with Crippen LogP contribution in [-0.2, 0) is 0 Å². The highest BCUT2D eigenvalue weighted by atomic mass is 19.1. The second-order valence-electron chi connectivity index (χ2n) is 4.69. The van der Waals surface area contributed by atoms with Gasteiger partial charge in [0.25, 0.3) is 0 Å². The molecule has 2 aromatic rings. The highest BCUT2D eigenvalue weighted by Crippen LogP contribution is 2.17. The van der Waals surface area contributed by atoms with Gasteiger partial charge in [0.2, 0.25) is 0 Å². The summed E-state index contributed by atoms with van der Waals surface area (Å²) >= 11 is 0. The van der Waals surface area contributed by atoms with Gasteiger partial charge in [-0.25, -0.2) is 9.18 Å². The Morgan fingerprint density at radius 3 is 2.32 bits per heavy atom. The van der Waals surface area contributed by atoms with Gasteiger partial charge in [0, 0.05) is 5.69 Å². The number of rotatable bonds is 6. The average Bonchev–Trinajstić information content (AvgIpc) is 2.51. The maximum Gasteiger partial charge on any atom is 0.417 e. The van der Waals surface area contributed by atoms with E-state index in [0.717, 1.165) is 18.6 Å². The lowest BCUT2D eigenvalue weighted by Crippen LogP contribution is -2.16. The van der Waals surface area contributed by atoms with E-state index < -0.39 is 6.09 Å². The first-order valence-electron chi connectivity index (χ1n) is 7.14. The predicted molar refractivity (Wildman–Crippen MR) is 82.9 cm³/mol. The first kappa shape index (κ1) is 15.8. The number of hydrogen-bond donors (Lipinski definition) is 1. The molecule has 0 saturated carbocycles. The molecule has 0 aliphatic rings. The molecule has 0 aliphatic carbocycles. The lowest BCUT2D eigenvalue weighted by molar-refractivity contribution is 0.215. The van der Waals surface area contributed by atoms with Crippen LogP contribution in [0.3, 0.4) is 0 Å². The number of carbonyl (C=O) groups is 1. The van der Waals surface area contributed by atoms with Gasteiger partial charge >= 0.3 is 6.09 Å². The Morgan fingerprint density at radius 2 is 1.68 bits per heavy atom. The van der Waals surface area contributed by atoms with Crippen LogP contribution in [0.25, 0.3) is 0 Å². The molecule has 5 heteroatoms. The van der Waals surface area contributed by atoms with Crippen molar-refractivity contribution < 1.29 is 18.7 Å². The maximum absolute atomic E-state index is 12.8. The van der Waals surface area contributed by atoms with Gasteiger partial charge in [0.1, 0.15) is 17.3 Å². The van der Waals surface area contributed by atoms with Crippen LogP contribution in [0.15, 0.2) is 48.5 Å². The van der Waals surface area contributed by atoms with E-state index in [1.807, 2.05) is 0 Å². The van der Waals surface area contributed by atoms with Crippen molar-refractivity contribution in [3.05, 3.63) is 54.3 Å². The van der Waals surface area contributed by atoms with Crippen molar-refractivity contribution in [2.75, 3.05) is 11.9 Å². The smallest absolute Gasteiger partial charge is 0.417 e. The largest absolute Gasteiger partial charge is 0.494 e. The van der Waals surface area contributed by atoms with Crippen LogP contribution in [0.5, 0.6) is 11.5 Å². The summed E-state index contributed by atoms with van der Waals surface area (Å²) in [6, 6.07) is 12.3. The zero-order valence-corrected chi connectivity index (χ0v) is 12.3. The third-order valence-electron chi connectivity index (χ3n) is 2.89. The van der Waals surface area contributed by atoms with E-state index in [2.05, 4.69) is 12.2 Å². The van der Waals surface area contributed by atoms with Gasteiger partial charge < -0.3 is 9.47 Å². The van der Waals surface area contributed by atoms with Crippen molar-refractivity contribution in [1.29, 1.82) is 0 Å². The van der Waals surface area contributed by atoms with Crippen molar-refractivity contribution in [3.63, 3.8) is 0 Å². The molecule has 2 aromatic carbocycles. The molecule has 0 bridgehead atoms. The lowest BCUT2D eigenvalue weighted by atomic mass is 10.3. The van der Waals surface area contributed by atoms with Gasteiger partial charge in [-0.2, -0.15) is 0 Å². The maximum atomic E-state index is 12.8. The molecular formula is C17H18FNO3. The Hall–Kier alpha value is -2.56. The fourth-order valence-electron chi connectivity index (χ4n) is 1.72. The zero-order chi connectivity index (χ0) is 15.8. The molecule has 4 nitrogen and oxygen atoms in total. The van der Waals surface area contributed by atoms with Crippen molar-refractivity contribution in [2.24, 2.45) is 0 Å². The third-order valence-corrected chi connectivity index (χ3v) is 2.89. The van der Waals surface area contributed by atoms with Crippen LogP contribution in [0.1, 0.15) is 19.8 Å². The van der Waals surface area contributed by atoms with Gasteiger partial charge in [0.15, 0.2) is 0 Å². The fraction of sp³-hybridized carbons (Fsp3) is 0.235. The average molecular weight is 303 g/mol. The van der Waals surface area contributed by atoms with Crippen LogP contribution in [0, 0.1) is 5.82 Å². The zero-order valence-electron chi connectivity index (χ0n) is 12.3. The molecule has 0 aromatic heterocycles. The topological polar surface area (TPSA) is 47.6 Å². The van der Waals surface area contributed by atoms with Crippen LogP contribution in [-0.4, -0.2) is 12.7 Å². The molecule has 0 aliphatic heterocycles. The molecule has 0 radical (unpaired) electrons. The van der Waals surface area contributed by atoms with Gasteiger partial charge in [0.05, 0.1) is 6.61 Å². The normalized spacial score (nSPS) is 10.1. The highest BCUT2D eigenvalue weighted by Gasteiger charge is 2.05. The highest BCUT2D eigenvalue weighted by molar-refractivity contribution is 5.86. The van der Waals surface area contributed by atoms with E-state index in [1.165, 1.54) is 24.3 Å². The summed E-state index contributed by atoms with van der Waals surface area (Å²) in [5, 5.41) is 2.59. The van der Waals surface area contributed by atoms with Gasteiger partial charge in [-0.05, 0) is 55.0 Å². The summed E-state index contributed by atoms with van der Waals surface area (Å²) in [5.74, 6) is 0.649. The molecule has 0 heterocycles. The summed E-state index contributed by atoms with van der Waals surface area (Å²) < 4.78 is 23.3. The quantitative estimate of drug-likeness (QED) is 0.792. The van der Waals surface area contributed by atoms with Crippen LogP contribution in [0.2, 0.25) is 0 Å². The number of unbranched alkanes of at least 4 members (excludes halogenated alkanes) is 1. The van der Waals surface area contributed by atoms with Crippen molar-refractivity contribution in [1.82, 2.24) is 0 Å². The summed E-state index contributed by atoms with van der Waals surface area (Å²) in [5.41, 5.74) is 0.593. The Balaban J connectivity index is 1.84. The molecular weight excluding hydrogens is 285 g/mol. The first-order chi connectivity index (χ1) is 10.7. The molecule has 0 unspecified atom stereocenters. The summed E-state index contributed by atoms with van der Waals surface area (Å²) in [6.07, 6.45) is 1.45. The van der Waals surface area contributed by atoms with Gasteiger partial charge in [-0.3, -0.25) is 5.32 Å². The fourth-order valence-corrected chi connectivity index (χ4v) is 1.72. The molecule has 0 fully saturated rings. The number of amides is 1. The number of nitrogens with one attached hydrogen (secondary N) is 1. The summed E-state index contributed by atoms with van der Waals surface area (Å²) in [6.45, 7) is 2.78. The number of benzene rings is 2. The molecule has 0 saturated heterocycles. The Labute approximate surface area is 128 Å². The van der Waals surface area contributed by atoms with E-state index >= 15 is 0 Å². The van der Waals surface area contributed by atoms with E-state index in [0.29, 0.717) is 12.3 Å². The molecule has 116 valence electrons. The van der Waals surface area contributed by atoms with E-state index in [1.54, 1.807) is 24.3 Å². The standard InChI is InChI=1S/C17H18FNO3/c1-2-3-12-21-15-10-6-14(7-11-15)19-17(20)22-16-8-4-13(18)5-9-16/h4-11H,2-3,12H2,1H3,(H,19,20). The molecule has 1 N–H and O–H groups in total. The Morgan fingerprint density at radius 1 is 1.05 bits per heavy atom. The number of ether oxygens (including phenoxy) is 2. The second-order valence-corrected chi connectivity index (χ2v) is 4.69. The molecule has 0 spiro atoms. The number of carbonyl (C=O) groups excluding carboxylic acids is 1. The van der Waals surface area contributed by atoms with Crippen LogP contribution >= 0.6 is 0 Å². The van der Waals surface area contributed by atoms with Crippen LogP contribution in [0.4, 0.5) is 14.9 Å². The van der Waals surface area contributed by atoms with E-state index in [-0.39, 0.29) is 11.6 Å². The number of anilines is 1. The Kier molecular flexibility index (Phi) is 5.77. The summed E-state index contributed by atoms with van der Waals surface area (Å²) in [7, 11) is 0. The Bertz CT molecular complexity index is 596. The van der Waals surface area contributed by atoms with Crippen molar-refractivity contribution >= 4 is 11.8 Å². The summed E-state index contributed by atoms with van der Waals surface area (Å²) in [4.78, 5) is 11.7. The lowest BCUT2D eigenvalue weighted by Gasteiger charge is -2.08. The first-order valence-corrected chi connectivity index (χ1v) is 7.14. The molecule has 0 atom stereocenters. The van der Waals surface area contributed by atoms with E-state index in [4.69, 9.17) is 9.47 Å². The third kappa shape index (κ3) is 5.09. The monoisotopic (exact) mass is 303 g/mol. The minimum absolute atomic E-state index is 0.276. The van der Waals surface area contributed by atoms with Crippen molar-refractivity contribution in [3.8, 4) is 11.5 Å². The van der Waals surface area contributed by atoms with Crippen molar-refractivity contribution in [2.45, 2.75) is 19.8 Å². The van der Waals surface area contributed by atoms with Crippen LogP contribution < -0.4 is 14.8 Å². The van der Waals surface area contributed by atoms with E-state index in [9.17, 15) is 9.18 Å². The SMILES string of the molecule is CCCCOc1ccc(NC(=O)Oc2ccc(F)cc2)cc1. The molecule has 2 rings (SSSR count).